The Bertz CT molecular complexity index is 1520. The topological polar surface area (TPSA) is 55.4 Å². The minimum absolute atomic E-state index is 0.0115. The summed E-state index contributed by atoms with van der Waals surface area (Å²) in [5.74, 6) is -0.207. The standard InChI is InChI=1S/C48H84O6Si2/c1-37(2,3)21-33-35-23-43(27-49-41(13,14)50-28-43)25-45(35)46-26-44(29-51-42(15,16)52-30-44)24-36(46)34(22-38(4,5)6)48(46,32-54-56(19,20)40(10,11)12)47(33,45)31-53-55(17,18)39(7,8)9/h21-22,35-36H,23-32H2,1-20H3/b33-21+,34-22+/t35-,36-,45-,46-,47-,48-/m1/s1. The fraction of sp³-hybridized carbons (Fsp3) is 0.917. The van der Waals surface area contributed by atoms with Crippen LogP contribution in [0, 0.1) is 55.2 Å². The third-order valence-corrected chi connectivity index (χ3v) is 26.5. The van der Waals surface area contributed by atoms with Crippen molar-refractivity contribution in [2.24, 2.45) is 55.2 Å². The highest BCUT2D eigenvalue weighted by molar-refractivity contribution is 6.74. The molecule has 5 saturated carbocycles. The molecule has 0 aromatic carbocycles. The summed E-state index contributed by atoms with van der Waals surface area (Å²) in [4.78, 5) is 0. The van der Waals surface area contributed by atoms with E-state index in [4.69, 9.17) is 27.8 Å². The molecule has 2 aliphatic heterocycles. The van der Waals surface area contributed by atoms with E-state index in [9.17, 15) is 0 Å². The number of hydrogen-bond donors (Lipinski definition) is 0. The van der Waals surface area contributed by atoms with Gasteiger partial charge in [0.25, 0.3) is 0 Å². The maximum absolute atomic E-state index is 7.76. The van der Waals surface area contributed by atoms with Gasteiger partial charge in [-0.05, 0) is 123 Å². The van der Waals surface area contributed by atoms with Crippen LogP contribution in [0.4, 0.5) is 0 Å². The van der Waals surface area contributed by atoms with Crippen LogP contribution in [-0.2, 0) is 27.8 Å². The fourth-order valence-corrected chi connectivity index (χ4v) is 15.3. The van der Waals surface area contributed by atoms with Crippen molar-refractivity contribution in [3.8, 4) is 0 Å². The van der Waals surface area contributed by atoms with Crippen LogP contribution in [0.1, 0.15) is 136 Å². The predicted octanol–water partition coefficient (Wildman–Crippen LogP) is 12.3. The Morgan fingerprint density at radius 3 is 1.07 bits per heavy atom. The molecule has 4 spiro atoms. The summed E-state index contributed by atoms with van der Waals surface area (Å²) in [5.41, 5.74) is 2.93. The monoisotopic (exact) mass is 813 g/mol. The first-order valence-corrected chi connectivity index (χ1v) is 28.1. The average molecular weight is 813 g/mol. The van der Waals surface area contributed by atoms with Crippen molar-refractivity contribution in [2.45, 2.75) is 184 Å². The van der Waals surface area contributed by atoms with Gasteiger partial charge in [-0.3, -0.25) is 0 Å². The van der Waals surface area contributed by atoms with Gasteiger partial charge in [0.1, 0.15) is 0 Å². The number of ether oxygens (including phenoxy) is 4. The van der Waals surface area contributed by atoms with Crippen LogP contribution in [0.3, 0.4) is 0 Å². The predicted molar refractivity (Wildman–Crippen MR) is 233 cm³/mol. The molecule has 0 aromatic rings. The molecule has 8 heteroatoms. The lowest BCUT2D eigenvalue weighted by molar-refractivity contribution is -0.436. The molecule has 2 saturated heterocycles. The van der Waals surface area contributed by atoms with Crippen LogP contribution in [0.2, 0.25) is 36.3 Å². The molecule has 7 aliphatic rings. The van der Waals surface area contributed by atoms with Crippen molar-refractivity contribution in [1.82, 2.24) is 0 Å². The fourth-order valence-electron chi connectivity index (χ4n) is 13.3. The normalized spacial score (nSPS) is 39.8. The van der Waals surface area contributed by atoms with Crippen LogP contribution in [0.5, 0.6) is 0 Å². The van der Waals surface area contributed by atoms with Gasteiger partial charge in [-0.15, -0.1) is 0 Å². The molecule has 2 heterocycles. The van der Waals surface area contributed by atoms with Crippen LogP contribution >= 0.6 is 0 Å². The quantitative estimate of drug-likeness (QED) is 0.197. The molecule has 320 valence electrons. The smallest absolute Gasteiger partial charge is 0.192 e. The van der Waals surface area contributed by atoms with Crippen molar-refractivity contribution in [1.29, 1.82) is 0 Å². The Morgan fingerprint density at radius 2 is 0.821 bits per heavy atom. The zero-order valence-electron chi connectivity index (χ0n) is 39.8. The van der Waals surface area contributed by atoms with E-state index < -0.39 is 28.2 Å². The molecule has 7 rings (SSSR count). The van der Waals surface area contributed by atoms with Crippen LogP contribution < -0.4 is 0 Å². The number of rotatable bonds is 6. The SMILES string of the molecule is CC(C)(C)/C=C1\[C@H]2CC3(COC(C)(C)OC3)C[C@@]23[C@]1(CO[Si](C)(C)C(C)(C)C)[C@]1(CO[Si](C)(C)C(C)(C)C)/C(=C/C(C)(C)C)[C@H]2CC4(COC(C)(C)OC4)C[C@]213. The van der Waals surface area contributed by atoms with Crippen molar-refractivity contribution in [3.05, 3.63) is 23.3 Å². The first-order valence-electron chi connectivity index (χ1n) is 22.3. The average Bonchev–Trinajstić information content (AvgIpc) is 3.51. The van der Waals surface area contributed by atoms with E-state index in [0.717, 1.165) is 65.3 Å². The van der Waals surface area contributed by atoms with Gasteiger partial charge in [-0.25, -0.2) is 0 Å². The summed E-state index contributed by atoms with van der Waals surface area (Å²) in [5, 5.41) is 0.196. The Hall–Kier alpha value is -0.326. The molecule has 0 aromatic heterocycles. The van der Waals surface area contributed by atoms with Crippen molar-refractivity contribution < 1.29 is 27.8 Å². The second kappa shape index (κ2) is 12.2. The van der Waals surface area contributed by atoms with Crippen molar-refractivity contribution >= 4 is 16.6 Å². The van der Waals surface area contributed by atoms with E-state index >= 15 is 0 Å². The summed E-state index contributed by atoms with van der Waals surface area (Å²) in [7, 11) is -4.35. The Balaban J connectivity index is 1.52. The van der Waals surface area contributed by atoms with Gasteiger partial charge in [0.2, 0.25) is 0 Å². The number of fused-ring (bicyclic) bond motifs is 1. The van der Waals surface area contributed by atoms with Crippen LogP contribution in [-0.4, -0.2) is 67.9 Å². The van der Waals surface area contributed by atoms with Crippen molar-refractivity contribution in [3.63, 3.8) is 0 Å². The maximum atomic E-state index is 7.76. The Morgan fingerprint density at radius 1 is 0.536 bits per heavy atom. The molecule has 0 amide bonds. The maximum Gasteiger partial charge on any atom is 0.192 e. The van der Waals surface area contributed by atoms with Crippen molar-refractivity contribution in [2.75, 3.05) is 39.6 Å². The van der Waals surface area contributed by atoms with Crippen LogP contribution in [0.25, 0.3) is 0 Å². The molecule has 6 nitrogen and oxygen atoms in total. The molecule has 56 heavy (non-hydrogen) atoms. The van der Waals surface area contributed by atoms with Crippen LogP contribution in [0.15, 0.2) is 23.3 Å². The summed E-state index contributed by atoms with van der Waals surface area (Å²) in [6.07, 6.45) is 9.92. The van der Waals surface area contributed by atoms with Gasteiger partial charge < -0.3 is 27.8 Å². The first kappa shape index (κ1) is 43.8. The molecular weight excluding hydrogens is 729 g/mol. The molecule has 0 bridgehead atoms. The minimum atomic E-state index is -2.17. The molecule has 7 fully saturated rings. The number of hydrogen-bond acceptors (Lipinski definition) is 6. The second-order valence-corrected chi connectivity index (χ2v) is 36.2. The lowest BCUT2D eigenvalue weighted by Gasteiger charge is -2.96. The Kier molecular flexibility index (Phi) is 9.52. The Labute approximate surface area is 345 Å². The molecule has 5 aliphatic carbocycles. The van der Waals surface area contributed by atoms with Gasteiger partial charge in [0.05, 0.1) is 26.4 Å². The van der Waals surface area contributed by atoms with Gasteiger partial charge in [-0.2, -0.15) is 0 Å². The molecule has 0 N–H and O–H groups in total. The summed E-state index contributed by atoms with van der Waals surface area (Å²) in [6.45, 7) is 51.6. The van der Waals surface area contributed by atoms with E-state index in [1.54, 1.807) is 11.1 Å². The van der Waals surface area contributed by atoms with Gasteiger partial charge in [0.15, 0.2) is 28.2 Å². The summed E-state index contributed by atoms with van der Waals surface area (Å²) < 4.78 is 42.3. The second-order valence-electron chi connectivity index (χ2n) is 26.6. The summed E-state index contributed by atoms with van der Waals surface area (Å²) >= 11 is 0. The minimum Gasteiger partial charge on any atom is -0.416 e. The molecule has 0 unspecified atom stereocenters. The molecule has 0 radical (unpaired) electrons. The third kappa shape index (κ3) is 5.84. The van der Waals surface area contributed by atoms with E-state index in [2.05, 4.69) is 149 Å². The zero-order valence-corrected chi connectivity index (χ0v) is 41.8. The van der Waals surface area contributed by atoms with Gasteiger partial charge >= 0.3 is 0 Å². The van der Waals surface area contributed by atoms with E-state index in [-0.39, 0.29) is 53.4 Å². The highest BCUT2D eigenvalue weighted by atomic mass is 28.4. The van der Waals surface area contributed by atoms with E-state index in [1.165, 1.54) is 0 Å². The number of allylic oxidation sites excluding steroid dienone is 2. The van der Waals surface area contributed by atoms with E-state index in [1.807, 2.05) is 0 Å². The molecular formula is C48H84O6Si2. The first-order chi connectivity index (χ1) is 25.0. The summed E-state index contributed by atoms with van der Waals surface area (Å²) in [6, 6.07) is 0. The van der Waals surface area contributed by atoms with Gasteiger partial charge in [-0.1, -0.05) is 106 Å². The highest BCUT2D eigenvalue weighted by Gasteiger charge is 3.03. The van der Waals surface area contributed by atoms with Gasteiger partial charge in [0, 0.05) is 34.9 Å². The van der Waals surface area contributed by atoms with E-state index in [0.29, 0.717) is 11.8 Å². The largest absolute Gasteiger partial charge is 0.416 e. The molecule has 6 atom stereocenters. The lowest BCUT2D eigenvalue weighted by Crippen LogP contribution is -2.95. The lowest BCUT2D eigenvalue weighted by atomic mass is 9.06. The zero-order chi connectivity index (χ0) is 42.0. The highest BCUT2D eigenvalue weighted by Crippen LogP contribution is 3.06. The third-order valence-electron chi connectivity index (χ3n) is 17.5.